The van der Waals surface area contributed by atoms with E-state index in [1.807, 2.05) is 0 Å². The normalized spacial score (nSPS) is 24.7. The molecule has 0 aromatic rings. The molecule has 1 fully saturated rings. The van der Waals surface area contributed by atoms with Gasteiger partial charge in [-0.25, -0.2) is 0 Å². The molecule has 0 aliphatic carbocycles. The van der Waals surface area contributed by atoms with Crippen molar-refractivity contribution in [3.05, 3.63) is 12.1 Å². The Labute approximate surface area is 92.6 Å². The molecule has 0 radical (unpaired) electrons. The standard InChI is InChI=1S/C9H15BF3O3/c1-7(10(11,12)13)4-14-5-8-6-15-9(2,3)16-8/h8H,1,4-6H2,2-3H3/q-1. The van der Waals surface area contributed by atoms with Crippen LogP contribution < -0.4 is 0 Å². The number of hydrogen-bond donors (Lipinski definition) is 0. The second-order valence-corrected chi connectivity index (χ2v) is 4.20. The molecular formula is C9H15BF3O3-. The highest BCUT2D eigenvalue weighted by atomic mass is 19.4. The molecule has 0 aromatic carbocycles. The van der Waals surface area contributed by atoms with Crippen molar-refractivity contribution in [1.82, 2.24) is 0 Å². The Morgan fingerprint density at radius 3 is 2.56 bits per heavy atom. The Hall–Kier alpha value is -0.525. The lowest BCUT2D eigenvalue weighted by Crippen LogP contribution is -2.26. The van der Waals surface area contributed by atoms with Crippen molar-refractivity contribution in [2.24, 2.45) is 0 Å². The van der Waals surface area contributed by atoms with Gasteiger partial charge in [0.1, 0.15) is 6.10 Å². The molecule has 94 valence electrons. The van der Waals surface area contributed by atoms with E-state index in [1.54, 1.807) is 13.8 Å². The summed E-state index contributed by atoms with van der Waals surface area (Å²) >= 11 is 0. The van der Waals surface area contributed by atoms with Gasteiger partial charge < -0.3 is 27.2 Å². The maximum atomic E-state index is 12.1. The van der Waals surface area contributed by atoms with Crippen LogP contribution >= 0.6 is 0 Å². The van der Waals surface area contributed by atoms with E-state index in [1.165, 1.54) is 0 Å². The minimum atomic E-state index is -5.01. The van der Waals surface area contributed by atoms with Gasteiger partial charge in [-0.3, -0.25) is 0 Å². The highest BCUT2D eigenvalue weighted by molar-refractivity contribution is 6.66. The fourth-order valence-corrected chi connectivity index (χ4v) is 1.26. The molecule has 16 heavy (non-hydrogen) atoms. The van der Waals surface area contributed by atoms with E-state index in [9.17, 15) is 12.9 Å². The molecule has 0 spiro atoms. The first-order chi connectivity index (χ1) is 7.21. The minimum absolute atomic E-state index is 0.0780. The van der Waals surface area contributed by atoms with Gasteiger partial charge in [0.05, 0.1) is 13.2 Å². The fraction of sp³-hybridized carbons (Fsp3) is 0.778. The van der Waals surface area contributed by atoms with Crippen LogP contribution in [0, 0.1) is 0 Å². The molecule has 3 nitrogen and oxygen atoms in total. The molecule has 1 aliphatic heterocycles. The minimum Gasteiger partial charge on any atom is -0.445 e. The Balaban J connectivity index is 2.20. The molecular weight excluding hydrogens is 224 g/mol. The summed E-state index contributed by atoms with van der Waals surface area (Å²) in [4.78, 5) is 0. The lowest BCUT2D eigenvalue weighted by molar-refractivity contribution is -0.144. The molecule has 0 aromatic heterocycles. The first-order valence-electron chi connectivity index (χ1n) is 4.98. The third-order valence-corrected chi connectivity index (χ3v) is 2.12. The van der Waals surface area contributed by atoms with Gasteiger partial charge in [-0.05, 0) is 13.8 Å². The molecule has 0 N–H and O–H groups in total. The van der Waals surface area contributed by atoms with Gasteiger partial charge in [0.15, 0.2) is 5.79 Å². The van der Waals surface area contributed by atoms with Crippen LogP contribution in [0.15, 0.2) is 12.1 Å². The second-order valence-electron chi connectivity index (χ2n) is 4.20. The van der Waals surface area contributed by atoms with E-state index in [0.717, 1.165) is 0 Å². The maximum absolute atomic E-state index is 12.1. The van der Waals surface area contributed by atoms with Gasteiger partial charge >= 0.3 is 6.98 Å². The summed E-state index contributed by atoms with van der Waals surface area (Å²) in [6, 6.07) is 0. The highest BCUT2D eigenvalue weighted by Crippen LogP contribution is 2.23. The number of ether oxygens (including phenoxy) is 3. The number of halogens is 3. The number of hydrogen-bond acceptors (Lipinski definition) is 3. The topological polar surface area (TPSA) is 27.7 Å². The molecule has 1 heterocycles. The Kier molecular flexibility index (Phi) is 4.04. The van der Waals surface area contributed by atoms with Crippen molar-refractivity contribution in [2.75, 3.05) is 19.8 Å². The Morgan fingerprint density at radius 1 is 1.50 bits per heavy atom. The van der Waals surface area contributed by atoms with Crippen LogP contribution in [0.3, 0.4) is 0 Å². The second kappa shape index (κ2) is 4.77. The highest BCUT2D eigenvalue weighted by Gasteiger charge is 2.33. The summed E-state index contributed by atoms with van der Waals surface area (Å²) in [5.41, 5.74) is -0.835. The van der Waals surface area contributed by atoms with E-state index in [0.29, 0.717) is 6.61 Å². The first kappa shape index (κ1) is 13.5. The third-order valence-electron chi connectivity index (χ3n) is 2.12. The largest absolute Gasteiger partial charge is 0.507 e. The van der Waals surface area contributed by atoms with E-state index in [4.69, 9.17) is 14.2 Å². The monoisotopic (exact) mass is 239 g/mol. The average Bonchev–Trinajstić information content (AvgIpc) is 2.44. The van der Waals surface area contributed by atoms with Crippen LogP contribution in [0.4, 0.5) is 12.9 Å². The first-order valence-corrected chi connectivity index (χ1v) is 4.98. The van der Waals surface area contributed by atoms with Crippen molar-refractivity contribution in [1.29, 1.82) is 0 Å². The Bertz CT molecular complexity index is 265. The summed E-state index contributed by atoms with van der Waals surface area (Å²) in [6.07, 6.45) is -0.316. The molecule has 7 heteroatoms. The lowest BCUT2D eigenvalue weighted by Gasteiger charge is -2.19. The van der Waals surface area contributed by atoms with Crippen molar-refractivity contribution < 1.29 is 27.2 Å². The SMILES string of the molecule is C=C(COCC1COC(C)(C)O1)[B-](F)(F)F. The van der Waals surface area contributed by atoms with E-state index in [2.05, 4.69) is 6.58 Å². The van der Waals surface area contributed by atoms with Crippen LogP contribution in [-0.4, -0.2) is 38.7 Å². The molecule has 0 amide bonds. The molecule has 1 saturated heterocycles. The van der Waals surface area contributed by atoms with Gasteiger partial charge in [-0.1, -0.05) is 0 Å². The third kappa shape index (κ3) is 4.15. The fourth-order valence-electron chi connectivity index (χ4n) is 1.26. The molecule has 1 unspecified atom stereocenters. The van der Waals surface area contributed by atoms with Crippen LogP contribution in [0.2, 0.25) is 0 Å². The Morgan fingerprint density at radius 2 is 2.12 bits per heavy atom. The molecule has 1 rings (SSSR count). The summed E-state index contributed by atoms with van der Waals surface area (Å²) in [5.74, 6) is -0.682. The van der Waals surface area contributed by atoms with Gasteiger partial charge in [-0.2, -0.15) is 0 Å². The van der Waals surface area contributed by atoms with Crippen LogP contribution in [0.25, 0.3) is 0 Å². The summed E-state index contributed by atoms with van der Waals surface area (Å²) in [7, 11) is 0. The van der Waals surface area contributed by atoms with Crippen LogP contribution in [0.5, 0.6) is 0 Å². The summed E-state index contributed by atoms with van der Waals surface area (Å²) < 4.78 is 51.8. The van der Waals surface area contributed by atoms with E-state index in [-0.39, 0.29) is 12.7 Å². The van der Waals surface area contributed by atoms with Gasteiger partial charge in [0.2, 0.25) is 0 Å². The van der Waals surface area contributed by atoms with E-state index >= 15 is 0 Å². The summed E-state index contributed by atoms with van der Waals surface area (Å²) in [5, 5.41) is 0. The molecule has 0 saturated carbocycles. The zero-order chi connectivity index (χ0) is 12.4. The zero-order valence-electron chi connectivity index (χ0n) is 9.34. The number of rotatable bonds is 5. The van der Waals surface area contributed by atoms with Crippen LogP contribution in [-0.2, 0) is 14.2 Å². The van der Waals surface area contributed by atoms with Crippen LogP contribution in [0.1, 0.15) is 13.8 Å². The average molecular weight is 239 g/mol. The zero-order valence-corrected chi connectivity index (χ0v) is 9.34. The van der Waals surface area contributed by atoms with Gasteiger partial charge in [0, 0.05) is 6.61 Å². The van der Waals surface area contributed by atoms with Gasteiger partial charge in [-0.15, -0.1) is 12.1 Å². The quantitative estimate of drug-likeness (QED) is 0.687. The summed E-state index contributed by atoms with van der Waals surface area (Å²) in [6.45, 7) is 1.30. The van der Waals surface area contributed by atoms with Crippen molar-refractivity contribution in [3.8, 4) is 0 Å². The van der Waals surface area contributed by atoms with Crippen molar-refractivity contribution in [2.45, 2.75) is 25.7 Å². The van der Waals surface area contributed by atoms with Gasteiger partial charge in [0.25, 0.3) is 0 Å². The van der Waals surface area contributed by atoms with Crippen molar-refractivity contribution in [3.63, 3.8) is 0 Å². The maximum Gasteiger partial charge on any atom is 0.507 e. The smallest absolute Gasteiger partial charge is 0.445 e. The molecule has 1 atom stereocenters. The molecule has 0 bridgehead atoms. The predicted molar refractivity (Wildman–Crippen MR) is 53.9 cm³/mol. The lowest BCUT2D eigenvalue weighted by atomic mass is 9.81. The predicted octanol–water partition coefficient (Wildman–Crippen LogP) is 2.10. The molecule has 1 aliphatic rings. The van der Waals surface area contributed by atoms with Crippen molar-refractivity contribution >= 4 is 6.98 Å². The van der Waals surface area contributed by atoms with E-state index < -0.39 is 24.8 Å².